The van der Waals surface area contributed by atoms with Gasteiger partial charge in [0.2, 0.25) is 5.13 Å². The Labute approximate surface area is 88.9 Å². The van der Waals surface area contributed by atoms with E-state index in [9.17, 15) is 0 Å². The molecule has 0 saturated carbocycles. The van der Waals surface area contributed by atoms with Crippen LogP contribution < -0.4 is 5.32 Å². The third-order valence-corrected chi connectivity index (χ3v) is 2.60. The van der Waals surface area contributed by atoms with Crippen molar-refractivity contribution in [3.05, 3.63) is 5.82 Å². The summed E-state index contributed by atoms with van der Waals surface area (Å²) in [7, 11) is 1.69. The van der Waals surface area contributed by atoms with E-state index < -0.39 is 0 Å². The summed E-state index contributed by atoms with van der Waals surface area (Å²) < 4.78 is 9.51. The van der Waals surface area contributed by atoms with E-state index in [-0.39, 0.29) is 6.10 Å². The van der Waals surface area contributed by atoms with Gasteiger partial charge in [-0.25, -0.2) is 4.98 Å². The number of rotatable bonds is 6. The molecule has 0 saturated heterocycles. The Bertz CT molecular complexity index is 260. The second-order valence-corrected chi connectivity index (χ2v) is 3.77. The molecule has 0 aliphatic heterocycles. The molecular weight excluding hydrogens is 198 g/mol. The van der Waals surface area contributed by atoms with Crippen LogP contribution in [0.3, 0.4) is 0 Å². The summed E-state index contributed by atoms with van der Waals surface area (Å²) in [4.78, 5) is 4.36. The Kier molecular flexibility index (Phi) is 4.82. The topological polar surface area (TPSA) is 47.0 Å². The summed E-state index contributed by atoms with van der Waals surface area (Å²) in [6.07, 6.45) is 2.03. The van der Waals surface area contributed by atoms with Gasteiger partial charge in [-0.2, -0.15) is 4.37 Å². The first-order chi connectivity index (χ1) is 6.81. The first kappa shape index (κ1) is 11.4. The standard InChI is InChI=1S/C9H17N3OS/c1-4-6-10-9-11-8(12-14-9)7(5-2)13-3/h7H,4-6H2,1-3H3,(H,10,11,12). The highest BCUT2D eigenvalue weighted by Crippen LogP contribution is 2.21. The lowest BCUT2D eigenvalue weighted by molar-refractivity contribution is 0.0937. The molecule has 1 unspecified atom stereocenters. The second kappa shape index (κ2) is 5.93. The van der Waals surface area contributed by atoms with Crippen LogP contribution in [0.4, 0.5) is 5.13 Å². The van der Waals surface area contributed by atoms with Gasteiger partial charge in [0.25, 0.3) is 0 Å². The van der Waals surface area contributed by atoms with Crippen LogP contribution in [0.2, 0.25) is 0 Å². The number of anilines is 1. The van der Waals surface area contributed by atoms with E-state index in [2.05, 4.69) is 28.5 Å². The molecule has 0 amide bonds. The Balaban J connectivity index is 2.57. The fourth-order valence-electron chi connectivity index (χ4n) is 1.12. The van der Waals surface area contributed by atoms with E-state index >= 15 is 0 Å². The van der Waals surface area contributed by atoms with Gasteiger partial charge in [0, 0.05) is 25.2 Å². The van der Waals surface area contributed by atoms with Gasteiger partial charge in [-0.3, -0.25) is 0 Å². The fourth-order valence-corrected chi connectivity index (χ4v) is 1.76. The van der Waals surface area contributed by atoms with E-state index in [0.717, 1.165) is 30.3 Å². The van der Waals surface area contributed by atoms with E-state index in [4.69, 9.17) is 4.74 Å². The summed E-state index contributed by atoms with van der Waals surface area (Å²) in [5, 5.41) is 4.09. The molecule has 0 aliphatic carbocycles. The molecule has 14 heavy (non-hydrogen) atoms. The minimum atomic E-state index is 0.0310. The molecule has 1 heterocycles. The summed E-state index contributed by atoms with van der Waals surface area (Å²) in [5.74, 6) is 0.790. The highest BCUT2D eigenvalue weighted by atomic mass is 32.1. The molecule has 80 valence electrons. The summed E-state index contributed by atoms with van der Waals surface area (Å²) in [6.45, 7) is 5.13. The molecule has 1 N–H and O–H groups in total. The van der Waals surface area contributed by atoms with Crippen LogP contribution in [-0.4, -0.2) is 23.0 Å². The third-order valence-electron chi connectivity index (χ3n) is 1.91. The van der Waals surface area contributed by atoms with Crippen LogP contribution in [0, 0.1) is 0 Å². The lowest BCUT2D eigenvalue weighted by Crippen LogP contribution is -2.03. The lowest BCUT2D eigenvalue weighted by atomic mass is 10.3. The minimum absolute atomic E-state index is 0.0310. The van der Waals surface area contributed by atoms with Crippen molar-refractivity contribution in [3.63, 3.8) is 0 Å². The van der Waals surface area contributed by atoms with Crippen molar-refractivity contribution in [2.75, 3.05) is 19.0 Å². The van der Waals surface area contributed by atoms with Gasteiger partial charge in [0.05, 0.1) is 0 Å². The fraction of sp³-hybridized carbons (Fsp3) is 0.778. The smallest absolute Gasteiger partial charge is 0.202 e. The van der Waals surface area contributed by atoms with Crippen LogP contribution in [0.25, 0.3) is 0 Å². The van der Waals surface area contributed by atoms with Crippen molar-refractivity contribution < 1.29 is 4.74 Å². The van der Waals surface area contributed by atoms with Gasteiger partial charge in [-0.05, 0) is 12.8 Å². The highest BCUT2D eigenvalue weighted by molar-refractivity contribution is 7.09. The van der Waals surface area contributed by atoms with Crippen molar-refractivity contribution in [1.29, 1.82) is 0 Å². The Hall–Kier alpha value is -0.680. The Morgan fingerprint density at radius 3 is 2.86 bits per heavy atom. The molecule has 0 radical (unpaired) electrons. The minimum Gasteiger partial charge on any atom is -0.373 e. The first-order valence-corrected chi connectivity index (χ1v) is 5.69. The summed E-state index contributed by atoms with van der Waals surface area (Å²) >= 11 is 1.40. The Morgan fingerprint density at radius 2 is 2.29 bits per heavy atom. The number of aromatic nitrogens is 2. The van der Waals surface area contributed by atoms with Crippen LogP contribution in [0.15, 0.2) is 0 Å². The highest BCUT2D eigenvalue weighted by Gasteiger charge is 2.13. The molecule has 0 aromatic carbocycles. The second-order valence-electron chi connectivity index (χ2n) is 3.02. The van der Waals surface area contributed by atoms with Crippen molar-refractivity contribution >= 4 is 16.7 Å². The van der Waals surface area contributed by atoms with Crippen LogP contribution in [-0.2, 0) is 4.74 Å². The molecule has 1 rings (SSSR count). The van der Waals surface area contributed by atoms with Gasteiger partial charge >= 0.3 is 0 Å². The van der Waals surface area contributed by atoms with E-state index in [1.54, 1.807) is 7.11 Å². The zero-order chi connectivity index (χ0) is 10.4. The molecule has 1 aromatic heterocycles. The number of nitrogens with zero attached hydrogens (tertiary/aromatic N) is 2. The normalized spacial score (nSPS) is 12.8. The molecular formula is C9H17N3OS. The van der Waals surface area contributed by atoms with Gasteiger partial charge < -0.3 is 10.1 Å². The molecule has 0 spiro atoms. The van der Waals surface area contributed by atoms with Crippen LogP contribution in [0.5, 0.6) is 0 Å². The molecule has 1 atom stereocenters. The predicted octanol–water partition coefficient (Wildman–Crippen LogP) is 2.46. The molecule has 0 aliphatic rings. The number of nitrogens with one attached hydrogen (secondary N) is 1. The quantitative estimate of drug-likeness (QED) is 0.792. The van der Waals surface area contributed by atoms with Gasteiger partial charge in [0.15, 0.2) is 5.82 Å². The van der Waals surface area contributed by atoms with E-state index in [1.807, 2.05) is 0 Å². The maximum atomic E-state index is 5.26. The van der Waals surface area contributed by atoms with Crippen molar-refractivity contribution in [2.24, 2.45) is 0 Å². The van der Waals surface area contributed by atoms with Crippen LogP contribution >= 0.6 is 11.5 Å². The van der Waals surface area contributed by atoms with Crippen molar-refractivity contribution in [1.82, 2.24) is 9.36 Å². The molecule has 4 nitrogen and oxygen atoms in total. The molecule has 0 fully saturated rings. The average Bonchev–Trinajstić information content (AvgIpc) is 2.65. The van der Waals surface area contributed by atoms with Crippen molar-refractivity contribution in [2.45, 2.75) is 32.8 Å². The number of methoxy groups -OCH3 is 1. The number of hydrogen-bond donors (Lipinski definition) is 1. The average molecular weight is 215 g/mol. The largest absolute Gasteiger partial charge is 0.373 e. The number of hydrogen-bond acceptors (Lipinski definition) is 5. The van der Waals surface area contributed by atoms with Gasteiger partial charge in [-0.15, -0.1) is 0 Å². The lowest BCUT2D eigenvalue weighted by Gasteiger charge is -2.07. The van der Waals surface area contributed by atoms with Crippen LogP contribution in [0.1, 0.15) is 38.6 Å². The zero-order valence-electron chi connectivity index (χ0n) is 8.91. The molecule has 5 heteroatoms. The van der Waals surface area contributed by atoms with Crippen molar-refractivity contribution in [3.8, 4) is 0 Å². The van der Waals surface area contributed by atoms with E-state index in [0.29, 0.717) is 0 Å². The zero-order valence-corrected chi connectivity index (χ0v) is 9.73. The summed E-state index contributed by atoms with van der Waals surface area (Å²) in [6, 6.07) is 0. The Morgan fingerprint density at radius 1 is 1.50 bits per heavy atom. The maximum Gasteiger partial charge on any atom is 0.202 e. The van der Waals surface area contributed by atoms with Gasteiger partial charge in [0.1, 0.15) is 6.10 Å². The van der Waals surface area contributed by atoms with E-state index in [1.165, 1.54) is 11.5 Å². The summed E-state index contributed by atoms with van der Waals surface area (Å²) in [5.41, 5.74) is 0. The SMILES string of the molecule is CCCNc1nc(C(CC)OC)ns1. The molecule has 0 bridgehead atoms. The van der Waals surface area contributed by atoms with Gasteiger partial charge in [-0.1, -0.05) is 13.8 Å². The number of ether oxygens (including phenoxy) is 1. The molecule has 1 aromatic rings. The maximum absolute atomic E-state index is 5.26. The third kappa shape index (κ3) is 2.92. The predicted molar refractivity (Wildman–Crippen MR) is 58.7 cm³/mol. The first-order valence-electron chi connectivity index (χ1n) is 4.92. The monoisotopic (exact) mass is 215 g/mol.